The highest BCUT2D eigenvalue weighted by Crippen LogP contribution is 2.21. The van der Waals surface area contributed by atoms with E-state index >= 15 is 0 Å². The van der Waals surface area contributed by atoms with Gasteiger partial charge in [0.05, 0.1) is 0 Å². The van der Waals surface area contributed by atoms with Crippen LogP contribution in [0.25, 0.3) is 0 Å². The molecule has 0 bridgehead atoms. The second-order valence-electron chi connectivity index (χ2n) is 4.31. The van der Waals surface area contributed by atoms with E-state index in [0.29, 0.717) is 13.0 Å². The van der Waals surface area contributed by atoms with E-state index in [2.05, 4.69) is 5.32 Å². The van der Waals surface area contributed by atoms with Crippen LogP contribution in [-0.2, 0) is 0 Å². The summed E-state index contributed by atoms with van der Waals surface area (Å²) in [5, 5.41) is 21.4. The van der Waals surface area contributed by atoms with E-state index < -0.39 is 5.54 Å². The normalized spacial score (nSPS) is 14.1. The average molecular weight is 238 g/mol. The zero-order chi connectivity index (χ0) is 13.1. The van der Waals surface area contributed by atoms with E-state index in [9.17, 15) is 15.0 Å². The summed E-state index contributed by atoms with van der Waals surface area (Å²) in [5.41, 5.74) is 5.31. The smallest absolute Gasteiger partial charge is 0.252 e. The number of aromatic hydroxyl groups is 2. The second-order valence-corrected chi connectivity index (χ2v) is 4.31. The third kappa shape index (κ3) is 3.35. The van der Waals surface area contributed by atoms with Crippen molar-refractivity contribution in [2.75, 3.05) is 6.54 Å². The summed E-state index contributed by atoms with van der Waals surface area (Å²) >= 11 is 0. The van der Waals surface area contributed by atoms with Crippen LogP contribution in [0.2, 0.25) is 0 Å². The van der Waals surface area contributed by atoms with Crippen molar-refractivity contribution in [3.05, 3.63) is 23.8 Å². The number of nitrogens with two attached hydrogens (primary N) is 1. The Morgan fingerprint density at radius 1 is 1.35 bits per heavy atom. The molecule has 1 atom stereocenters. The van der Waals surface area contributed by atoms with Gasteiger partial charge in [-0.15, -0.1) is 0 Å². The summed E-state index contributed by atoms with van der Waals surface area (Å²) in [6.07, 6.45) is 0.694. The zero-order valence-corrected chi connectivity index (χ0v) is 10.0. The number of phenolic OH excluding ortho intramolecular Hbond substituents is 2. The van der Waals surface area contributed by atoms with Crippen LogP contribution in [0.3, 0.4) is 0 Å². The lowest BCUT2D eigenvalue weighted by atomic mass is 9.98. The summed E-state index contributed by atoms with van der Waals surface area (Å²) in [5.74, 6) is -0.673. The zero-order valence-electron chi connectivity index (χ0n) is 10.0. The van der Waals surface area contributed by atoms with Gasteiger partial charge in [-0.1, -0.05) is 6.92 Å². The fourth-order valence-corrected chi connectivity index (χ4v) is 1.36. The van der Waals surface area contributed by atoms with Crippen molar-refractivity contribution in [2.45, 2.75) is 25.8 Å². The molecule has 5 N–H and O–H groups in total. The van der Waals surface area contributed by atoms with Gasteiger partial charge in [-0.2, -0.15) is 0 Å². The third-order valence-electron chi connectivity index (χ3n) is 2.81. The number of hydrogen-bond acceptors (Lipinski definition) is 4. The minimum atomic E-state index is -0.488. The van der Waals surface area contributed by atoms with Crippen LogP contribution in [-0.4, -0.2) is 28.2 Å². The Labute approximate surface area is 100 Å². The molecule has 0 spiro atoms. The van der Waals surface area contributed by atoms with E-state index in [4.69, 9.17) is 5.73 Å². The molecule has 5 nitrogen and oxygen atoms in total. The minimum Gasteiger partial charge on any atom is -0.508 e. The summed E-state index contributed by atoms with van der Waals surface area (Å²) in [6.45, 7) is 4.08. The van der Waals surface area contributed by atoms with Gasteiger partial charge >= 0.3 is 0 Å². The maximum absolute atomic E-state index is 11.9. The summed E-state index contributed by atoms with van der Waals surface area (Å²) in [4.78, 5) is 11.9. The molecule has 0 aliphatic carbocycles. The van der Waals surface area contributed by atoms with E-state index in [0.717, 1.165) is 0 Å². The van der Waals surface area contributed by atoms with Crippen molar-refractivity contribution < 1.29 is 15.0 Å². The predicted molar refractivity (Wildman–Crippen MR) is 65.0 cm³/mol. The largest absolute Gasteiger partial charge is 0.508 e. The van der Waals surface area contributed by atoms with Gasteiger partial charge in [0.15, 0.2) is 0 Å². The average Bonchev–Trinajstić information content (AvgIpc) is 2.27. The molecule has 1 rings (SSSR count). The van der Waals surface area contributed by atoms with Crippen LogP contribution in [0.5, 0.6) is 11.5 Å². The van der Waals surface area contributed by atoms with Crippen LogP contribution >= 0.6 is 0 Å². The van der Waals surface area contributed by atoms with Crippen LogP contribution < -0.4 is 11.1 Å². The quantitative estimate of drug-likeness (QED) is 0.628. The van der Waals surface area contributed by atoms with Gasteiger partial charge in [-0.05, 0) is 25.5 Å². The van der Waals surface area contributed by atoms with Crippen molar-refractivity contribution in [3.63, 3.8) is 0 Å². The molecular weight excluding hydrogens is 220 g/mol. The molecular formula is C12H18N2O3. The molecule has 0 fully saturated rings. The Morgan fingerprint density at radius 2 is 1.88 bits per heavy atom. The van der Waals surface area contributed by atoms with Gasteiger partial charge < -0.3 is 21.3 Å². The van der Waals surface area contributed by atoms with Gasteiger partial charge in [0, 0.05) is 23.7 Å². The van der Waals surface area contributed by atoms with Crippen molar-refractivity contribution in [1.29, 1.82) is 0 Å². The molecule has 0 aliphatic rings. The minimum absolute atomic E-state index is 0.152. The molecule has 0 aliphatic heterocycles. The van der Waals surface area contributed by atoms with Gasteiger partial charge in [0.2, 0.25) is 0 Å². The highest BCUT2D eigenvalue weighted by Gasteiger charge is 2.23. The van der Waals surface area contributed by atoms with Crippen molar-refractivity contribution in [3.8, 4) is 11.5 Å². The molecule has 1 unspecified atom stereocenters. The number of benzene rings is 1. The Balaban J connectivity index is 2.90. The van der Waals surface area contributed by atoms with Gasteiger partial charge in [0.1, 0.15) is 11.5 Å². The Bertz CT molecular complexity index is 394. The molecule has 0 aromatic heterocycles. The number of rotatable bonds is 4. The third-order valence-corrected chi connectivity index (χ3v) is 2.81. The second kappa shape index (κ2) is 5.05. The van der Waals surface area contributed by atoms with E-state index in [-0.39, 0.29) is 23.0 Å². The first kappa shape index (κ1) is 13.3. The highest BCUT2D eigenvalue weighted by atomic mass is 16.3. The van der Waals surface area contributed by atoms with E-state index in [1.165, 1.54) is 18.2 Å². The summed E-state index contributed by atoms with van der Waals surface area (Å²) in [7, 11) is 0. The fourth-order valence-electron chi connectivity index (χ4n) is 1.36. The topological polar surface area (TPSA) is 95.6 Å². The summed E-state index contributed by atoms with van der Waals surface area (Å²) in [6, 6.07) is 3.75. The first-order chi connectivity index (χ1) is 7.90. The molecule has 1 amide bonds. The fraction of sp³-hybridized carbons (Fsp3) is 0.417. The van der Waals surface area contributed by atoms with Crippen LogP contribution in [0.1, 0.15) is 30.6 Å². The first-order valence-corrected chi connectivity index (χ1v) is 5.46. The molecule has 0 radical (unpaired) electrons. The molecule has 5 heteroatoms. The standard InChI is InChI=1S/C12H18N2O3/c1-3-12(2,7-13)14-11(17)8-4-9(15)6-10(16)5-8/h4-6,15-16H,3,7,13H2,1-2H3,(H,14,17). The van der Waals surface area contributed by atoms with Crippen LogP contribution in [0, 0.1) is 0 Å². The van der Waals surface area contributed by atoms with E-state index in [1.54, 1.807) is 0 Å². The van der Waals surface area contributed by atoms with E-state index in [1.807, 2.05) is 13.8 Å². The van der Waals surface area contributed by atoms with Crippen molar-refractivity contribution in [2.24, 2.45) is 5.73 Å². The first-order valence-electron chi connectivity index (χ1n) is 5.46. The summed E-state index contributed by atoms with van der Waals surface area (Å²) < 4.78 is 0. The lowest BCUT2D eigenvalue weighted by molar-refractivity contribution is 0.0905. The van der Waals surface area contributed by atoms with Gasteiger partial charge in [-0.3, -0.25) is 4.79 Å². The Morgan fingerprint density at radius 3 is 2.29 bits per heavy atom. The number of carbonyl (C=O) groups is 1. The number of hydrogen-bond donors (Lipinski definition) is 4. The molecule has 94 valence electrons. The molecule has 0 heterocycles. The maximum Gasteiger partial charge on any atom is 0.252 e. The lowest BCUT2D eigenvalue weighted by Gasteiger charge is -2.27. The number of phenols is 2. The monoisotopic (exact) mass is 238 g/mol. The SMILES string of the molecule is CCC(C)(CN)NC(=O)c1cc(O)cc(O)c1. The maximum atomic E-state index is 11.9. The molecule has 1 aromatic carbocycles. The van der Waals surface area contributed by atoms with Crippen LogP contribution in [0.4, 0.5) is 0 Å². The molecule has 0 saturated heterocycles. The molecule has 17 heavy (non-hydrogen) atoms. The molecule has 0 saturated carbocycles. The van der Waals surface area contributed by atoms with Crippen molar-refractivity contribution in [1.82, 2.24) is 5.32 Å². The molecule has 1 aromatic rings. The van der Waals surface area contributed by atoms with Crippen molar-refractivity contribution >= 4 is 5.91 Å². The lowest BCUT2D eigenvalue weighted by Crippen LogP contribution is -2.50. The highest BCUT2D eigenvalue weighted by molar-refractivity contribution is 5.95. The number of carbonyl (C=O) groups excluding carboxylic acids is 1. The Hall–Kier alpha value is -1.75. The number of nitrogens with one attached hydrogen (secondary N) is 1. The predicted octanol–water partition coefficient (Wildman–Crippen LogP) is 0.955. The van der Waals surface area contributed by atoms with Crippen LogP contribution in [0.15, 0.2) is 18.2 Å². The van der Waals surface area contributed by atoms with Gasteiger partial charge in [-0.25, -0.2) is 0 Å². The van der Waals surface area contributed by atoms with Gasteiger partial charge in [0.25, 0.3) is 5.91 Å². The number of amides is 1. The Kier molecular flexibility index (Phi) is 3.96.